The second-order valence-corrected chi connectivity index (χ2v) is 5.71. The summed E-state index contributed by atoms with van der Waals surface area (Å²) in [7, 11) is 0. The van der Waals surface area contributed by atoms with Gasteiger partial charge in [-0.1, -0.05) is 13.8 Å². The van der Waals surface area contributed by atoms with Crippen LogP contribution in [0.25, 0.3) is 0 Å². The summed E-state index contributed by atoms with van der Waals surface area (Å²) >= 11 is 0. The lowest BCUT2D eigenvalue weighted by atomic mass is 9.82. The molecule has 0 aromatic rings. The number of nitrogens with one attached hydrogen (secondary N) is 1. The van der Waals surface area contributed by atoms with Crippen LogP contribution in [0.4, 0.5) is 0 Å². The Morgan fingerprint density at radius 2 is 1.35 bits per heavy atom. The minimum atomic E-state index is -0.454. The zero-order chi connectivity index (χ0) is 15.8. The molecule has 0 aromatic carbocycles. The number of carbonyl (C=O) groups excluding carboxylic acids is 3. The number of hydrogen-bond donors (Lipinski definition) is 3. The van der Waals surface area contributed by atoms with Gasteiger partial charge in [0.25, 0.3) is 0 Å². The number of Topliss-reactive ketones (excluding diaryl/α,β-unsaturated/α-hetero) is 1. The summed E-state index contributed by atoms with van der Waals surface area (Å²) in [6.45, 7) is 5.50. The van der Waals surface area contributed by atoms with Crippen molar-refractivity contribution in [1.29, 1.82) is 0 Å². The summed E-state index contributed by atoms with van der Waals surface area (Å²) in [5.74, 6) is -0.693. The summed E-state index contributed by atoms with van der Waals surface area (Å²) in [5.41, 5.74) is 9.98. The van der Waals surface area contributed by atoms with Gasteiger partial charge < -0.3 is 21.6 Å². The molecule has 0 heterocycles. The molecule has 0 rings (SSSR count). The highest BCUT2D eigenvalue weighted by molar-refractivity contribution is 5.76. The molecule has 0 radical (unpaired) electrons. The van der Waals surface area contributed by atoms with Crippen molar-refractivity contribution in [2.45, 2.75) is 70.9 Å². The smallest absolute Gasteiger partial charge is 0.217 e. The fourth-order valence-corrected chi connectivity index (χ4v) is 2.34. The van der Waals surface area contributed by atoms with E-state index in [0.717, 1.165) is 0 Å². The maximum Gasteiger partial charge on any atom is 0.217 e. The van der Waals surface area contributed by atoms with Gasteiger partial charge in [-0.2, -0.15) is 0 Å². The van der Waals surface area contributed by atoms with E-state index in [1.165, 1.54) is 6.92 Å². The van der Waals surface area contributed by atoms with Gasteiger partial charge in [-0.3, -0.25) is 9.59 Å². The predicted molar refractivity (Wildman–Crippen MR) is 77.8 cm³/mol. The first-order valence-corrected chi connectivity index (χ1v) is 7.00. The van der Waals surface area contributed by atoms with Gasteiger partial charge in [-0.05, 0) is 26.2 Å². The van der Waals surface area contributed by atoms with Gasteiger partial charge >= 0.3 is 0 Å². The van der Waals surface area contributed by atoms with E-state index in [4.69, 9.17) is 11.5 Å². The van der Waals surface area contributed by atoms with E-state index in [-0.39, 0.29) is 36.5 Å². The first-order chi connectivity index (χ1) is 9.17. The highest BCUT2D eigenvalue weighted by Gasteiger charge is 2.31. The number of hydrogen-bond acceptors (Lipinski definition) is 4. The summed E-state index contributed by atoms with van der Waals surface area (Å²) in [6.07, 6.45) is 2.41. The van der Waals surface area contributed by atoms with Crippen LogP contribution in [-0.4, -0.2) is 29.2 Å². The third-order valence-corrected chi connectivity index (χ3v) is 3.25. The quantitative estimate of drug-likeness (QED) is 0.516. The monoisotopic (exact) mass is 285 g/mol. The lowest BCUT2D eigenvalue weighted by Crippen LogP contribution is -2.50. The molecule has 20 heavy (non-hydrogen) atoms. The molecule has 0 aliphatic heterocycles. The van der Waals surface area contributed by atoms with Crippen LogP contribution < -0.4 is 16.8 Å². The molecule has 0 aromatic heterocycles. The summed E-state index contributed by atoms with van der Waals surface area (Å²) < 4.78 is 0. The first-order valence-electron chi connectivity index (χ1n) is 7.00. The third kappa shape index (κ3) is 8.63. The SMILES string of the molecule is CC(=O)CCC(CCC(N)=O)(CCC(N)=O)NC(C)C. The van der Waals surface area contributed by atoms with Crippen molar-refractivity contribution in [3.63, 3.8) is 0 Å². The number of ketones is 1. The number of amides is 2. The highest BCUT2D eigenvalue weighted by atomic mass is 16.1. The normalized spacial score (nSPS) is 11.6. The molecule has 116 valence electrons. The van der Waals surface area contributed by atoms with E-state index in [9.17, 15) is 14.4 Å². The van der Waals surface area contributed by atoms with Gasteiger partial charge in [0.1, 0.15) is 5.78 Å². The topological polar surface area (TPSA) is 115 Å². The number of nitrogens with two attached hydrogens (primary N) is 2. The average molecular weight is 285 g/mol. The first kappa shape index (κ1) is 18.6. The predicted octanol–water partition coefficient (Wildman–Crippen LogP) is 0.623. The number of carbonyl (C=O) groups is 3. The van der Waals surface area contributed by atoms with Crippen molar-refractivity contribution in [3.8, 4) is 0 Å². The molecule has 0 bridgehead atoms. The van der Waals surface area contributed by atoms with Crippen molar-refractivity contribution < 1.29 is 14.4 Å². The highest BCUT2D eigenvalue weighted by Crippen LogP contribution is 2.26. The Morgan fingerprint density at radius 3 is 1.65 bits per heavy atom. The molecule has 0 fully saturated rings. The Bertz CT molecular complexity index is 308. The van der Waals surface area contributed by atoms with Gasteiger partial charge in [0.05, 0.1) is 0 Å². The zero-order valence-electron chi connectivity index (χ0n) is 12.7. The molecule has 0 aliphatic rings. The summed E-state index contributed by atoms with van der Waals surface area (Å²) in [5, 5.41) is 3.39. The maximum absolute atomic E-state index is 11.2. The number of primary amides is 2. The minimum absolute atomic E-state index is 0.0816. The van der Waals surface area contributed by atoms with Crippen molar-refractivity contribution in [2.24, 2.45) is 11.5 Å². The Morgan fingerprint density at radius 1 is 0.950 bits per heavy atom. The molecule has 0 spiro atoms. The molecule has 5 N–H and O–H groups in total. The standard InChI is InChI=1S/C14H27N3O3/c1-10(2)17-14(7-4-11(3)18,8-5-12(15)19)9-6-13(16)20/h10,17H,4-9H2,1-3H3,(H2,15,19)(H2,16,20). The third-order valence-electron chi connectivity index (χ3n) is 3.25. The van der Waals surface area contributed by atoms with Crippen LogP contribution in [0.2, 0.25) is 0 Å². The molecule has 0 aliphatic carbocycles. The Labute approximate surface area is 120 Å². The van der Waals surface area contributed by atoms with E-state index < -0.39 is 5.54 Å². The van der Waals surface area contributed by atoms with Gasteiger partial charge in [0, 0.05) is 30.8 Å². The number of rotatable bonds is 11. The van der Waals surface area contributed by atoms with Crippen LogP contribution in [-0.2, 0) is 14.4 Å². The average Bonchev–Trinajstić information content (AvgIpc) is 2.30. The molecule has 0 saturated heterocycles. The molecule has 0 atom stereocenters. The van der Waals surface area contributed by atoms with Gasteiger partial charge in [-0.25, -0.2) is 0 Å². The van der Waals surface area contributed by atoms with Crippen LogP contribution >= 0.6 is 0 Å². The summed E-state index contributed by atoms with van der Waals surface area (Å²) in [4.78, 5) is 33.3. The van der Waals surface area contributed by atoms with Crippen LogP contribution in [0, 0.1) is 0 Å². The fraction of sp³-hybridized carbons (Fsp3) is 0.786. The minimum Gasteiger partial charge on any atom is -0.370 e. The molecule has 2 amide bonds. The molecular weight excluding hydrogens is 258 g/mol. The lowest BCUT2D eigenvalue weighted by molar-refractivity contribution is -0.118. The van der Waals surface area contributed by atoms with Gasteiger partial charge in [0.2, 0.25) is 11.8 Å². The molecule has 6 heteroatoms. The molecule has 6 nitrogen and oxygen atoms in total. The zero-order valence-corrected chi connectivity index (χ0v) is 12.7. The van der Waals surface area contributed by atoms with Crippen LogP contribution in [0.15, 0.2) is 0 Å². The van der Waals surface area contributed by atoms with Crippen molar-refractivity contribution >= 4 is 17.6 Å². The Balaban J connectivity index is 4.97. The van der Waals surface area contributed by atoms with Crippen molar-refractivity contribution in [1.82, 2.24) is 5.32 Å². The van der Waals surface area contributed by atoms with E-state index in [1.807, 2.05) is 13.8 Å². The Hall–Kier alpha value is -1.43. The maximum atomic E-state index is 11.2. The van der Waals surface area contributed by atoms with Crippen LogP contribution in [0.3, 0.4) is 0 Å². The molecule has 0 saturated carbocycles. The van der Waals surface area contributed by atoms with E-state index in [1.54, 1.807) is 0 Å². The van der Waals surface area contributed by atoms with Gasteiger partial charge in [0.15, 0.2) is 0 Å². The lowest BCUT2D eigenvalue weighted by Gasteiger charge is -2.37. The summed E-state index contributed by atoms with van der Waals surface area (Å²) in [6, 6.07) is 0.169. The second kappa shape index (κ2) is 8.68. The fourth-order valence-electron chi connectivity index (χ4n) is 2.34. The van der Waals surface area contributed by atoms with Gasteiger partial charge in [-0.15, -0.1) is 0 Å². The van der Waals surface area contributed by atoms with Crippen LogP contribution in [0.5, 0.6) is 0 Å². The van der Waals surface area contributed by atoms with Crippen LogP contribution in [0.1, 0.15) is 59.3 Å². The van der Waals surface area contributed by atoms with E-state index >= 15 is 0 Å². The largest absolute Gasteiger partial charge is 0.370 e. The molecule has 0 unspecified atom stereocenters. The molecular formula is C14H27N3O3. The van der Waals surface area contributed by atoms with Crippen molar-refractivity contribution in [2.75, 3.05) is 0 Å². The van der Waals surface area contributed by atoms with Crippen molar-refractivity contribution in [3.05, 3.63) is 0 Å². The van der Waals surface area contributed by atoms with E-state index in [0.29, 0.717) is 25.7 Å². The van der Waals surface area contributed by atoms with E-state index in [2.05, 4.69) is 5.32 Å². The second-order valence-electron chi connectivity index (χ2n) is 5.71. The Kier molecular flexibility index (Phi) is 8.06.